The molecule has 0 saturated carbocycles. The smallest absolute Gasteiger partial charge is 0.175 e. The molecule has 0 aliphatic rings. The Morgan fingerprint density at radius 3 is 2.33 bits per heavy atom. The van der Waals surface area contributed by atoms with Crippen molar-refractivity contribution in [3.05, 3.63) is 46.2 Å². The second-order valence-electron chi connectivity index (χ2n) is 5.04. The van der Waals surface area contributed by atoms with Gasteiger partial charge in [0, 0.05) is 25.3 Å². The highest BCUT2D eigenvalue weighted by Crippen LogP contribution is 2.26. The molecule has 1 aromatic carbocycles. The quantitative estimate of drug-likeness (QED) is 0.932. The van der Waals surface area contributed by atoms with Crippen LogP contribution in [0.4, 0.5) is 0 Å². The Bertz CT molecular complexity index is 751. The van der Waals surface area contributed by atoms with Gasteiger partial charge in [-0.25, -0.2) is 8.42 Å². The lowest BCUT2D eigenvalue weighted by Crippen LogP contribution is -2.04. The second kappa shape index (κ2) is 5.79. The Morgan fingerprint density at radius 2 is 1.90 bits per heavy atom. The Hall–Kier alpha value is -1.37. The molecule has 1 unspecified atom stereocenters. The summed E-state index contributed by atoms with van der Waals surface area (Å²) in [5, 5.41) is 15.0. The summed E-state index contributed by atoms with van der Waals surface area (Å²) in [5.74, 6) is 0. The number of benzene rings is 1. The molecule has 0 spiro atoms. The zero-order valence-electron chi connectivity index (χ0n) is 12.0. The number of aliphatic hydroxyl groups is 1. The van der Waals surface area contributed by atoms with Crippen LogP contribution in [0, 0.1) is 6.92 Å². The van der Waals surface area contributed by atoms with Crippen molar-refractivity contribution in [3.63, 3.8) is 0 Å². The zero-order valence-corrected chi connectivity index (χ0v) is 13.6. The molecular weight excluding hydrogens is 312 g/mol. The van der Waals surface area contributed by atoms with Crippen LogP contribution in [0.25, 0.3) is 0 Å². The molecule has 0 saturated heterocycles. The molecule has 21 heavy (non-hydrogen) atoms. The topological polar surface area (TPSA) is 72.2 Å². The van der Waals surface area contributed by atoms with Crippen LogP contribution in [0.15, 0.2) is 29.2 Å². The van der Waals surface area contributed by atoms with Crippen molar-refractivity contribution in [2.24, 2.45) is 7.05 Å². The van der Waals surface area contributed by atoms with Crippen molar-refractivity contribution in [1.82, 2.24) is 9.78 Å². The van der Waals surface area contributed by atoms with Crippen LogP contribution in [0.1, 0.15) is 22.9 Å². The minimum atomic E-state index is -3.23. The third kappa shape index (κ3) is 3.45. The largest absolute Gasteiger partial charge is 0.388 e. The summed E-state index contributed by atoms with van der Waals surface area (Å²) in [6.07, 6.45) is 0.715. The molecule has 0 radical (unpaired) electrons. The molecule has 2 aromatic rings. The predicted molar refractivity (Wildman–Crippen MR) is 81.2 cm³/mol. The van der Waals surface area contributed by atoms with E-state index in [0.717, 1.165) is 17.5 Å². The minimum Gasteiger partial charge on any atom is -0.388 e. The molecule has 0 fully saturated rings. The van der Waals surface area contributed by atoms with Crippen LogP contribution in [-0.2, 0) is 23.3 Å². The molecule has 2 rings (SSSR count). The highest BCUT2D eigenvalue weighted by atomic mass is 35.5. The van der Waals surface area contributed by atoms with Crippen LogP contribution in [-0.4, -0.2) is 29.6 Å². The van der Waals surface area contributed by atoms with Crippen molar-refractivity contribution < 1.29 is 13.5 Å². The molecule has 1 aromatic heterocycles. The Morgan fingerprint density at radius 1 is 1.33 bits per heavy atom. The first-order valence-electron chi connectivity index (χ1n) is 6.36. The van der Waals surface area contributed by atoms with E-state index in [1.165, 1.54) is 12.1 Å². The number of aliphatic hydroxyl groups excluding tert-OH is 1. The SMILES string of the molecule is Cc1nn(C)c(Cl)c1CC(O)c1ccc(S(C)(=O)=O)cc1. The third-order valence-electron chi connectivity index (χ3n) is 3.36. The monoisotopic (exact) mass is 328 g/mol. The molecule has 5 nitrogen and oxygen atoms in total. The average molecular weight is 329 g/mol. The molecule has 1 atom stereocenters. The lowest BCUT2D eigenvalue weighted by atomic mass is 10.0. The van der Waals surface area contributed by atoms with E-state index in [1.54, 1.807) is 23.9 Å². The van der Waals surface area contributed by atoms with Gasteiger partial charge < -0.3 is 5.11 Å². The first-order valence-corrected chi connectivity index (χ1v) is 8.63. The van der Waals surface area contributed by atoms with Gasteiger partial charge in [0.05, 0.1) is 16.7 Å². The number of halogens is 1. The van der Waals surface area contributed by atoms with Crippen LogP contribution in [0.2, 0.25) is 5.15 Å². The summed E-state index contributed by atoms with van der Waals surface area (Å²) >= 11 is 6.14. The fourth-order valence-corrected chi connectivity index (χ4v) is 3.04. The van der Waals surface area contributed by atoms with Gasteiger partial charge in [-0.15, -0.1) is 0 Å². The predicted octanol–water partition coefficient (Wildman–Crippen LogP) is 2.06. The molecule has 0 aliphatic carbocycles. The van der Waals surface area contributed by atoms with Gasteiger partial charge in [-0.3, -0.25) is 4.68 Å². The number of aromatic nitrogens is 2. The maximum atomic E-state index is 11.4. The van der Waals surface area contributed by atoms with Crippen molar-refractivity contribution in [2.75, 3.05) is 6.26 Å². The van der Waals surface area contributed by atoms with Gasteiger partial charge >= 0.3 is 0 Å². The van der Waals surface area contributed by atoms with Crippen LogP contribution >= 0.6 is 11.6 Å². The second-order valence-corrected chi connectivity index (χ2v) is 7.41. The van der Waals surface area contributed by atoms with E-state index in [0.29, 0.717) is 17.1 Å². The molecule has 114 valence electrons. The lowest BCUT2D eigenvalue weighted by molar-refractivity contribution is 0.178. The molecule has 1 heterocycles. The van der Waals surface area contributed by atoms with E-state index in [-0.39, 0.29) is 4.90 Å². The van der Waals surface area contributed by atoms with E-state index >= 15 is 0 Å². The van der Waals surface area contributed by atoms with Gasteiger partial charge in [-0.1, -0.05) is 23.7 Å². The Balaban J connectivity index is 2.23. The van der Waals surface area contributed by atoms with Gasteiger partial charge in [-0.2, -0.15) is 5.10 Å². The number of sulfone groups is 1. The molecule has 0 aliphatic heterocycles. The van der Waals surface area contributed by atoms with Gasteiger partial charge in [0.15, 0.2) is 9.84 Å². The number of hydrogen-bond acceptors (Lipinski definition) is 4. The fraction of sp³-hybridized carbons (Fsp3) is 0.357. The van der Waals surface area contributed by atoms with E-state index < -0.39 is 15.9 Å². The van der Waals surface area contributed by atoms with E-state index in [4.69, 9.17) is 11.6 Å². The number of nitrogens with zero attached hydrogens (tertiary/aromatic N) is 2. The Labute approximate surface area is 129 Å². The van der Waals surface area contributed by atoms with E-state index in [1.807, 2.05) is 6.92 Å². The molecular formula is C14H17ClN2O3S. The van der Waals surface area contributed by atoms with Gasteiger partial charge in [0.2, 0.25) is 0 Å². The zero-order chi connectivity index (χ0) is 15.8. The number of aryl methyl sites for hydroxylation is 2. The summed E-state index contributed by atoms with van der Waals surface area (Å²) in [4.78, 5) is 0.231. The Kier molecular flexibility index (Phi) is 4.41. The van der Waals surface area contributed by atoms with Gasteiger partial charge in [0.1, 0.15) is 5.15 Å². The van der Waals surface area contributed by atoms with E-state index in [2.05, 4.69) is 5.10 Å². The maximum Gasteiger partial charge on any atom is 0.175 e. The van der Waals surface area contributed by atoms with Crippen LogP contribution in [0.5, 0.6) is 0 Å². The summed E-state index contributed by atoms with van der Waals surface area (Å²) in [7, 11) is -1.49. The molecule has 0 amide bonds. The summed E-state index contributed by atoms with van der Waals surface area (Å²) in [5.41, 5.74) is 2.20. The normalized spacial score (nSPS) is 13.4. The number of hydrogen-bond donors (Lipinski definition) is 1. The van der Waals surface area contributed by atoms with Crippen molar-refractivity contribution >= 4 is 21.4 Å². The van der Waals surface area contributed by atoms with Gasteiger partial charge in [0.25, 0.3) is 0 Å². The lowest BCUT2D eigenvalue weighted by Gasteiger charge is -2.11. The fourth-order valence-electron chi connectivity index (χ4n) is 2.15. The van der Waals surface area contributed by atoms with Crippen LogP contribution in [0.3, 0.4) is 0 Å². The third-order valence-corrected chi connectivity index (χ3v) is 4.96. The van der Waals surface area contributed by atoms with Crippen LogP contribution < -0.4 is 0 Å². The molecule has 7 heteroatoms. The first-order chi connectivity index (χ1) is 9.70. The van der Waals surface area contributed by atoms with Crippen molar-refractivity contribution in [3.8, 4) is 0 Å². The standard InChI is InChI=1S/C14H17ClN2O3S/c1-9-12(14(15)17(2)16-9)8-13(18)10-4-6-11(7-5-10)21(3,19)20/h4-7,13,18H,8H2,1-3H3. The highest BCUT2D eigenvalue weighted by Gasteiger charge is 2.17. The van der Waals surface area contributed by atoms with Crippen molar-refractivity contribution in [2.45, 2.75) is 24.3 Å². The highest BCUT2D eigenvalue weighted by molar-refractivity contribution is 7.90. The average Bonchev–Trinajstić information content (AvgIpc) is 2.64. The summed E-state index contributed by atoms with van der Waals surface area (Å²) in [6.45, 7) is 1.83. The molecule has 1 N–H and O–H groups in total. The first kappa shape index (κ1) is 16.0. The molecule has 0 bridgehead atoms. The van der Waals surface area contributed by atoms with Gasteiger partial charge in [-0.05, 0) is 24.6 Å². The van der Waals surface area contributed by atoms with Crippen molar-refractivity contribution in [1.29, 1.82) is 0 Å². The maximum absolute atomic E-state index is 11.4. The number of rotatable bonds is 4. The summed E-state index contributed by atoms with van der Waals surface area (Å²) in [6, 6.07) is 6.21. The summed E-state index contributed by atoms with van der Waals surface area (Å²) < 4.78 is 24.4. The van der Waals surface area contributed by atoms with E-state index in [9.17, 15) is 13.5 Å². The minimum absolute atomic E-state index is 0.231.